The van der Waals surface area contributed by atoms with Gasteiger partial charge in [0.05, 0.1) is 0 Å². The van der Waals surface area contributed by atoms with Crippen LogP contribution in [0.25, 0.3) is 0 Å². The molecule has 1 unspecified atom stereocenters. The summed E-state index contributed by atoms with van der Waals surface area (Å²) in [6.45, 7) is 0. The van der Waals surface area contributed by atoms with E-state index in [2.05, 4.69) is 24.3 Å². The molecule has 1 aromatic carbocycles. The molecular formula is C14H14OS. The van der Waals surface area contributed by atoms with Crippen LogP contribution in [0.4, 0.5) is 0 Å². The van der Waals surface area contributed by atoms with Crippen LogP contribution in [-0.2, 0) is 4.79 Å². The quantitative estimate of drug-likeness (QED) is 0.772. The fraction of sp³-hybridized carbons (Fsp3) is 0.357. The summed E-state index contributed by atoms with van der Waals surface area (Å²) in [5.74, 6) is 0.404. The van der Waals surface area contributed by atoms with E-state index in [1.165, 1.54) is 16.9 Å². The molecule has 0 aromatic heterocycles. The summed E-state index contributed by atoms with van der Waals surface area (Å²) in [5, 5.41) is 0.424. The molecule has 0 saturated carbocycles. The lowest BCUT2D eigenvalue weighted by atomic mass is 10.1. The number of Topliss-reactive ketones (excluding diaryl/α,β-unsaturated/α-hetero) is 1. The van der Waals surface area contributed by atoms with Gasteiger partial charge in [-0.1, -0.05) is 18.2 Å². The molecule has 0 amide bonds. The average Bonchev–Trinajstić information content (AvgIpc) is 2.87. The molecule has 0 heterocycles. The molecule has 0 aliphatic heterocycles. The Bertz CT molecular complexity index is 447. The van der Waals surface area contributed by atoms with Crippen molar-refractivity contribution >= 4 is 17.5 Å². The van der Waals surface area contributed by atoms with Gasteiger partial charge in [-0.25, -0.2) is 0 Å². The molecule has 0 radical (unpaired) electrons. The second-order valence-corrected chi connectivity index (χ2v) is 5.68. The van der Waals surface area contributed by atoms with Crippen LogP contribution in [0.2, 0.25) is 0 Å². The van der Waals surface area contributed by atoms with Gasteiger partial charge in [0.25, 0.3) is 0 Å². The molecule has 0 N–H and O–H groups in total. The number of allylic oxidation sites excluding steroid dienone is 1. The summed E-state index contributed by atoms with van der Waals surface area (Å²) in [6.07, 6.45) is 4.08. The highest BCUT2D eigenvalue weighted by Crippen LogP contribution is 2.44. The maximum absolute atomic E-state index is 11.8. The van der Waals surface area contributed by atoms with Gasteiger partial charge in [-0.3, -0.25) is 4.79 Å². The van der Waals surface area contributed by atoms with Crippen molar-refractivity contribution in [2.45, 2.75) is 35.8 Å². The van der Waals surface area contributed by atoms with Crippen molar-refractivity contribution in [2.24, 2.45) is 0 Å². The third kappa shape index (κ3) is 1.71. The minimum atomic E-state index is 0.404. The van der Waals surface area contributed by atoms with Gasteiger partial charge in [0, 0.05) is 16.6 Å². The first-order chi connectivity index (χ1) is 7.84. The molecular weight excluding hydrogens is 216 g/mol. The highest BCUT2D eigenvalue weighted by Gasteiger charge is 2.34. The number of rotatable bonds is 2. The van der Waals surface area contributed by atoms with E-state index in [1.54, 1.807) is 0 Å². The lowest BCUT2D eigenvalue weighted by molar-refractivity contribution is -0.114. The molecule has 16 heavy (non-hydrogen) atoms. The number of ketones is 1. The van der Waals surface area contributed by atoms with Gasteiger partial charge in [-0.15, -0.1) is 11.8 Å². The van der Waals surface area contributed by atoms with E-state index >= 15 is 0 Å². The summed E-state index contributed by atoms with van der Waals surface area (Å²) < 4.78 is 0. The monoisotopic (exact) mass is 230 g/mol. The molecule has 2 aliphatic carbocycles. The maximum Gasteiger partial charge on any atom is 0.160 e. The van der Waals surface area contributed by atoms with E-state index in [0.29, 0.717) is 11.0 Å². The van der Waals surface area contributed by atoms with Gasteiger partial charge in [0.1, 0.15) is 0 Å². The Morgan fingerprint density at radius 1 is 1.12 bits per heavy atom. The van der Waals surface area contributed by atoms with Crippen LogP contribution in [0.1, 0.15) is 25.7 Å². The zero-order valence-corrected chi connectivity index (χ0v) is 9.93. The summed E-state index contributed by atoms with van der Waals surface area (Å²) in [5.41, 5.74) is 2.60. The molecule has 0 bridgehead atoms. The first-order valence-corrected chi connectivity index (χ1v) is 6.69. The van der Waals surface area contributed by atoms with E-state index in [-0.39, 0.29) is 0 Å². The van der Waals surface area contributed by atoms with Gasteiger partial charge in [0.2, 0.25) is 0 Å². The van der Waals surface area contributed by atoms with Crippen LogP contribution < -0.4 is 0 Å². The molecule has 3 rings (SSSR count). The third-order valence-corrected chi connectivity index (χ3v) is 4.66. The van der Waals surface area contributed by atoms with Crippen molar-refractivity contribution in [3.05, 3.63) is 41.5 Å². The van der Waals surface area contributed by atoms with Crippen LogP contribution in [0.3, 0.4) is 0 Å². The topological polar surface area (TPSA) is 17.1 Å². The molecule has 2 aliphatic rings. The Balaban J connectivity index is 1.80. The second kappa shape index (κ2) is 4.10. The second-order valence-electron chi connectivity index (χ2n) is 4.40. The van der Waals surface area contributed by atoms with E-state index in [9.17, 15) is 4.79 Å². The highest BCUT2D eigenvalue weighted by atomic mass is 32.2. The van der Waals surface area contributed by atoms with E-state index in [4.69, 9.17) is 0 Å². The lowest BCUT2D eigenvalue weighted by Gasteiger charge is -2.12. The molecule has 1 nitrogen and oxygen atoms in total. The predicted octanol–water partition coefficient (Wildman–Crippen LogP) is 3.60. The van der Waals surface area contributed by atoms with Crippen molar-refractivity contribution in [2.75, 3.05) is 0 Å². The summed E-state index contributed by atoms with van der Waals surface area (Å²) in [6, 6.07) is 10.4. The first kappa shape index (κ1) is 10.2. The first-order valence-electron chi connectivity index (χ1n) is 5.81. The smallest absolute Gasteiger partial charge is 0.160 e. The van der Waals surface area contributed by atoms with Crippen LogP contribution in [0.5, 0.6) is 0 Å². The Morgan fingerprint density at radius 3 is 2.75 bits per heavy atom. The van der Waals surface area contributed by atoms with Crippen molar-refractivity contribution in [3.8, 4) is 0 Å². The van der Waals surface area contributed by atoms with Crippen LogP contribution >= 0.6 is 11.8 Å². The van der Waals surface area contributed by atoms with Crippen LogP contribution in [0, 0.1) is 0 Å². The van der Waals surface area contributed by atoms with Gasteiger partial charge < -0.3 is 0 Å². The lowest BCUT2D eigenvalue weighted by Crippen LogP contribution is -2.03. The Morgan fingerprint density at radius 2 is 1.94 bits per heavy atom. The fourth-order valence-corrected chi connectivity index (χ4v) is 3.91. The normalized spacial score (nSPS) is 24.0. The molecule has 82 valence electrons. The van der Waals surface area contributed by atoms with Crippen molar-refractivity contribution < 1.29 is 4.79 Å². The molecule has 0 spiro atoms. The van der Waals surface area contributed by atoms with Gasteiger partial charge in [-0.05, 0) is 42.5 Å². The van der Waals surface area contributed by atoms with E-state index < -0.39 is 0 Å². The standard InChI is InChI=1S/C14H14OS/c15-13-9-14(12-8-4-7-11(12)13)16-10-5-2-1-3-6-10/h1-3,5-6,14H,4,7-9H2. The summed E-state index contributed by atoms with van der Waals surface area (Å²) in [7, 11) is 0. The number of benzene rings is 1. The van der Waals surface area contributed by atoms with E-state index in [1.807, 2.05) is 17.8 Å². The highest BCUT2D eigenvalue weighted by molar-refractivity contribution is 8.00. The zero-order chi connectivity index (χ0) is 11.0. The average molecular weight is 230 g/mol. The van der Waals surface area contributed by atoms with E-state index in [0.717, 1.165) is 24.8 Å². The SMILES string of the molecule is O=C1CC(Sc2ccccc2)C2=C1CCC2. The van der Waals surface area contributed by atoms with Crippen molar-refractivity contribution in [1.82, 2.24) is 0 Å². The summed E-state index contributed by atoms with van der Waals surface area (Å²) in [4.78, 5) is 13.1. The molecule has 0 saturated heterocycles. The Labute approximate surface area is 99.9 Å². The van der Waals surface area contributed by atoms with Gasteiger partial charge in [0.15, 0.2) is 5.78 Å². The molecule has 1 atom stereocenters. The number of carbonyl (C=O) groups is 1. The zero-order valence-electron chi connectivity index (χ0n) is 9.11. The van der Waals surface area contributed by atoms with Crippen molar-refractivity contribution in [3.63, 3.8) is 0 Å². The van der Waals surface area contributed by atoms with Crippen molar-refractivity contribution in [1.29, 1.82) is 0 Å². The third-order valence-electron chi connectivity index (χ3n) is 3.38. The van der Waals surface area contributed by atoms with Crippen LogP contribution in [-0.4, -0.2) is 11.0 Å². The molecule has 1 aromatic rings. The Kier molecular flexibility index (Phi) is 2.60. The maximum atomic E-state index is 11.8. The minimum absolute atomic E-state index is 0.404. The molecule has 2 heteroatoms. The summed E-state index contributed by atoms with van der Waals surface area (Å²) >= 11 is 1.85. The molecule has 0 fully saturated rings. The van der Waals surface area contributed by atoms with Gasteiger partial charge in [-0.2, -0.15) is 0 Å². The fourth-order valence-electron chi connectivity index (χ4n) is 2.63. The number of hydrogen-bond donors (Lipinski definition) is 0. The predicted molar refractivity (Wildman–Crippen MR) is 66.6 cm³/mol. The van der Waals surface area contributed by atoms with Crippen LogP contribution in [0.15, 0.2) is 46.4 Å². The largest absolute Gasteiger partial charge is 0.294 e. The number of carbonyl (C=O) groups excluding carboxylic acids is 1. The van der Waals surface area contributed by atoms with Gasteiger partial charge >= 0.3 is 0 Å². The number of hydrogen-bond acceptors (Lipinski definition) is 2. The Hall–Kier alpha value is -1.02. The number of thioether (sulfide) groups is 1. The minimum Gasteiger partial charge on any atom is -0.294 e.